The molecule has 0 aliphatic rings. The van der Waals surface area contributed by atoms with Crippen molar-refractivity contribution in [2.45, 2.75) is 0 Å². The van der Waals surface area contributed by atoms with Crippen LogP contribution in [-0.2, 0) is 0 Å². The van der Waals surface area contributed by atoms with E-state index in [-0.39, 0.29) is 0 Å². The molecule has 0 N–H and O–H groups in total. The second-order valence-corrected chi connectivity index (χ2v) is 13.7. The summed E-state index contributed by atoms with van der Waals surface area (Å²) in [4.78, 5) is 2.43. The van der Waals surface area contributed by atoms with Crippen molar-refractivity contribution < 1.29 is 4.42 Å². The van der Waals surface area contributed by atoms with E-state index in [1.807, 2.05) is 0 Å². The maximum absolute atomic E-state index is 6.52. The Bertz CT molecular complexity index is 3140. The number of furan rings is 1. The Morgan fingerprint density at radius 1 is 0.396 bits per heavy atom. The molecule has 2 aromatic heterocycles. The average Bonchev–Trinajstić information content (AvgIpc) is 3.77. The third kappa shape index (κ3) is 4.61. The Morgan fingerprint density at radius 2 is 1.02 bits per heavy atom. The molecule has 0 bridgehead atoms. The van der Waals surface area contributed by atoms with Crippen LogP contribution in [0.1, 0.15) is 0 Å². The summed E-state index contributed by atoms with van der Waals surface area (Å²) in [6.45, 7) is 0. The predicted molar refractivity (Wildman–Crippen MR) is 223 cm³/mol. The van der Waals surface area contributed by atoms with Gasteiger partial charge in [-0.2, -0.15) is 0 Å². The molecule has 2 heterocycles. The molecular formula is C50H32N2O. The van der Waals surface area contributed by atoms with Gasteiger partial charge < -0.3 is 13.9 Å². The van der Waals surface area contributed by atoms with Gasteiger partial charge in [-0.1, -0.05) is 133 Å². The van der Waals surface area contributed by atoms with Crippen LogP contribution in [0.2, 0.25) is 0 Å². The van der Waals surface area contributed by atoms with Crippen LogP contribution in [0.3, 0.4) is 0 Å². The van der Waals surface area contributed by atoms with E-state index in [1.54, 1.807) is 0 Å². The van der Waals surface area contributed by atoms with Crippen molar-refractivity contribution in [3.8, 4) is 16.8 Å². The highest BCUT2D eigenvalue weighted by Crippen LogP contribution is 2.45. The molecule has 0 amide bonds. The lowest BCUT2D eigenvalue weighted by Gasteiger charge is -2.29. The molecule has 0 saturated carbocycles. The van der Waals surface area contributed by atoms with Crippen molar-refractivity contribution in [3.63, 3.8) is 0 Å². The zero-order chi connectivity index (χ0) is 34.9. The van der Waals surface area contributed by atoms with Crippen molar-refractivity contribution >= 4 is 82.4 Å². The first-order chi connectivity index (χ1) is 26.3. The number of para-hydroxylation sites is 3. The third-order valence-electron chi connectivity index (χ3n) is 10.8. The first-order valence-electron chi connectivity index (χ1n) is 18.1. The Labute approximate surface area is 306 Å². The molecular weight excluding hydrogens is 645 g/mol. The van der Waals surface area contributed by atoms with Gasteiger partial charge in [-0.05, 0) is 77.0 Å². The minimum absolute atomic E-state index is 0.891. The molecule has 11 rings (SSSR count). The second kappa shape index (κ2) is 11.7. The highest BCUT2D eigenvalue weighted by molar-refractivity contribution is 6.16. The van der Waals surface area contributed by atoms with E-state index >= 15 is 0 Å². The molecule has 0 radical (unpaired) electrons. The number of anilines is 3. The Kier molecular flexibility index (Phi) is 6.55. The Hall–Kier alpha value is -7.10. The van der Waals surface area contributed by atoms with Crippen LogP contribution in [-0.4, -0.2) is 4.57 Å². The zero-order valence-corrected chi connectivity index (χ0v) is 28.8. The molecule has 3 nitrogen and oxygen atoms in total. The van der Waals surface area contributed by atoms with E-state index in [9.17, 15) is 0 Å². The number of rotatable bonds is 5. The first-order valence-corrected chi connectivity index (χ1v) is 18.1. The van der Waals surface area contributed by atoms with E-state index < -0.39 is 0 Å². The van der Waals surface area contributed by atoms with Crippen LogP contribution in [0, 0.1) is 0 Å². The van der Waals surface area contributed by atoms with Crippen molar-refractivity contribution in [3.05, 3.63) is 194 Å². The molecule has 0 unspecified atom stereocenters. The van der Waals surface area contributed by atoms with E-state index in [0.717, 1.165) is 61.2 Å². The monoisotopic (exact) mass is 676 g/mol. The van der Waals surface area contributed by atoms with Crippen LogP contribution < -0.4 is 4.90 Å². The molecule has 0 aliphatic heterocycles. The number of benzene rings is 9. The molecule has 0 spiro atoms. The summed E-state index contributed by atoms with van der Waals surface area (Å²) in [5, 5.41) is 9.44. The summed E-state index contributed by atoms with van der Waals surface area (Å²) in [6, 6.07) is 69.8. The van der Waals surface area contributed by atoms with E-state index in [0.29, 0.717) is 0 Å². The van der Waals surface area contributed by atoms with Gasteiger partial charge in [-0.15, -0.1) is 0 Å². The largest absolute Gasteiger partial charge is 0.455 e. The van der Waals surface area contributed by atoms with Crippen molar-refractivity contribution in [2.24, 2.45) is 0 Å². The second-order valence-electron chi connectivity index (χ2n) is 13.7. The number of hydrogen-bond acceptors (Lipinski definition) is 2. The van der Waals surface area contributed by atoms with Crippen molar-refractivity contribution in [1.29, 1.82) is 0 Å². The maximum Gasteiger partial charge on any atom is 0.143 e. The lowest BCUT2D eigenvalue weighted by Crippen LogP contribution is -2.12. The smallest absolute Gasteiger partial charge is 0.143 e. The minimum Gasteiger partial charge on any atom is -0.455 e. The third-order valence-corrected chi connectivity index (χ3v) is 10.8. The molecule has 0 saturated heterocycles. The van der Waals surface area contributed by atoms with Crippen molar-refractivity contribution in [1.82, 2.24) is 4.57 Å². The Morgan fingerprint density at radius 3 is 1.83 bits per heavy atom. The number of fused-ring (bicyclic) bond motifs is 9. The molecule has 0 fully saturated rings. The van der Waals surface area contributed by atoms with Gasteiger partial charge in [0.05, 0.1) is 22.4 Å². The van der Waals surface area contributed by atoms with Gasteiger partial charge >= 0.3 is 0 Å². The molecule has 9 aromatic carbocycles. The maximum atomic E-state index is 6.52. The fourth-order valence-electron chi connectivity index (χ4n) is 8.37. The summed E-state index contributed by atoms with van der Waals surface area (Å²) >= 11 is 0. The lowest BCUT2D eigenvalue weighted by molar-refractivity contribution is 0.672. The molecule has 0 atom stereocenters. The summed E-state index contributed by atoms with van der Waals surface area (Å²) in [5.41, 5.74) is 10.9. The van der Waals surface area contributed by atoms with E-state index in [1.165, 1.54) is 38.0 Å². The standard InChI is InChI=1S/C50H32N2O/c1-3-18-38-33(13-1)15-11-26-46(38)51(36-16-12-17-37(32-36)52-47-24-9-6-21-41(47)42-22-7-10-25-48(42)52)45-23-8-5-19-39(45)35-28-30-49-44(31-35)43-29-27-34-14-2-4-20-40(34)50(43)53-49/h1-32H. The SMILES string of the molecule is c1cc(N(c2ccccc2-c2ccc3oc4c5ccccc5ccc4c3c2)c2cccc3ccccc23)cc(-n2c3ccccc3c3ccccc32)c1. The van der Waals surface area contributed by atoms with E-state index in [2.05, 4.69) is 204 Å². The summed E-state index contributed by atoms with van der Waals surface area (Å²) in [7, 11) is 0. The molecule has 11 aromatic rings. The molecule has 53 heavy (non-hydrogen) atoms. The Balaban J connectivity index is 1.15. The molecule has 3 heteroatoms. The predicted octanol–water partition coefficient (Wildman–Crippen LogP) is 14.1. The van der Waals surface area contributed by atoms with Gasteiger partial charge in [0, 0.05) is 49.3 Å². The van der Waals surface area contributed by atoms with Gasteiger partial charge in [0.15, 0.2) is 0 Å². The lowest BCUT2D eigenvalue weighted by atomic mass is 9.98. The van der Waals surface area contributed by atoms with E-state index in [4.69, 9.17) is 4.42 Å². The van der Waals surface area contributed by atoms with Crippen LogP contribution in [0.4, 0.5) is 17.1 Å². The topological polar surface area (TPSA) is 21.3 Å². The molecule has 248 valence electrons. The highest BCUT2D eigenvalue weighted by Gasteiger charge is 2.21. The quantitative estimate of drug-likeness (QED) is 0.181. The van der Waals surface area contributed by atoms with Crippen LogP contribution in [0.25, 0.3) is 82.1 Å². The number of nitrogens with zero attached hydrogens (tertiary/aromatic N) is 2. The molecule has 0 aliphatic carbocycles. The fourth-order valence-corrected chi connectivity index (χ4v) is 8.37. The highest BCUT2D eigenvalue weighted by atomic mass is 16.3. The minimum atomic E-state index is 0.891. The summed E-state index contributed by atoms with van der Waals surface area (Å²) in [6.07, 6.45) is 0. The van der Waals surface area contributed by atoms with Gasteiger partial charge in [-0.25, -0.2) is 0 Å². The van der Waals surface area contributed by atoms with Crippen LogP contribution in [0.15, 0.2) is 199 Å². The van der Waals surface area contributed by atoms with Crippen LogP contribution >= 0.6 is 0 Å². The number of hydrogen-bond donors (Lipinski definition) is 0. The average molecular weight is 677 g/mol. The van der Waals surface area contributed by atoms with Gasteiger partial charge in [0.25, 0.3) is 0 Å². The van der Waals surface area contributed by atoms with Gasteiger partial charge in [0.1, 0.15) is 11.2 Å². The van der Waals surface area contributed by atoms with Gasteiger partial charge in [-0.3, -0.25) is 0 Å². The normalized spacial score (nSPS) is 11.8. The summed E-state index contributed by atoms with van der Waals surface area (Å²) < 4.78 is 8.91. The fraction of sp³-hybridized carbons (Fsp3) is 0. The zero-order valence-electron chi connectivity index (χ0n) is 28.8. The van der Waals surface area contributed by atoms with Crippen molar-refractivity contribution in [2.75, 3.05) is 4.90 Å². The summed E-state index contributed by atoms with van der Waals surface area (Å²) in [5.74, 6) is 0. The number of aromatic nitrogens is 1. The van der Waals surface area contributed by atoms with Crippen LogP contribution in [0.5, 0.6) is 0 Å². The van der Waals surface area contributed by atoms with Gasteiger partial charge in [0.2, 0.25) is 0 Å². The first kappa shape index (κ1) is 29.6.